The maximum Gasteiger partial charge on any atom is 0.321 e. The van der Waals surface area contributed by atoms with Gasteiger partial charge in [-0.15, -0.1) is 0 Å². The summed E-state index contributed by atoms with van der Waals surface area (Å²) >= 11 is 1.49. The van der Waals surface area contributed by atoms with E-state index in [-0.39, 0.29) is 23.0 Å². The molecule has 516 valence electrons. The Hall–Kier alpha value is -5.82. The van der Waals surface area contributed by atoms with E-state index < -0.39 is 269 Å². The molecular formula is C48H80N2O37S2. The fraction of sp³-hybridized carbons (Fsp3) is 0.667. The minimum Gasteiger partial charge on any atom is -0.506 e. The van der Waals surface area contributed by atoms with E-state index >= 15 is 0 Å². The van der Waals surface area contributed by atoms with E-state index in [1.165, 1.54) is 0 Å². The largest absolute Gasteiger partial charge is 0.506 e. The summed E-state index contributed by atoms with van der Waals surface area (Å²) in [6.45, 7) is -5.17. The van der Waals surface area contributed by atoms with E-state index in [2.05, 4.69) is 0 Å². The third kappa shape index (κ3) is 25.8. The van der Waals surface area contributed by atoms with Crippen LogP contribution in [-0.2, 0) is 42.7 Å². The number of rotatable bonds is 22. The Labute approximate surface area is 511 Å². The van der Waals surface area contributed by atoms with Crippen molar-refractivity contribution >= 4 is 35.5 Å². The number of aliphatic carboxylic acids is 2. The number of aliphatic hydroxyl groups is 26. The highest BCUT2D eigenvalue weighted by Gasteiger charge is 2.38. The van der Waals surface area contributed by atoms with E-state index in [0.29, 0.717) is 0 Å². The van der Waals surface area contributed by atoms with Crippen LogP contribution in [0.2, 0.25) is 0 Å². The van der Waals surface area contributed by atoms with Gasteiger partial charge >= 0.3 is 11.9 Å². The van der Waals surface area contributed by atoms with Crippen molar-refractivity contribution < 1.29 is 186 Å². The van der Waals surface area contributed by atoms with Crippen LogP contribution >= 0.6 is 23.5 Å². The summed E-state index contributed by atoms with van der Waals surface area (Å²) in [5, 5.41) is 297. The van der Waals surface area contributed by atoms with Gasteiger partial charge in [0.1, 0.15) is 54.8 Å². The molecule has 0 spiro atoms. The summed E-state index contributed by atoms with van der Waals surface area (Å²) in [6.07, 6.45) is -42.2. The Morgan fingerprint density at radius 1 is 0.303 bits per heavy atom. The maximum absolute atomic E-state index is 11.3. The van der Waals surface area contributed by atoms with Gasteiger partial charge in [0, 0.05) is 76.6 Å². The Morgan fingerprint density at radius 3 is 0.584 bits per heavy atom. The topological polar surface area (TPSA) is 717 Å². The van der Waals surface area contributed by atoms with Crippen molar-refractivity contribution in [2.45, 2.75) is 144 Å². The van der Waals surface area contributed by atoms with E-state index in [1.54, 1.807) is 0 Å². The Balaban J connectivity index is 4.37. The summed E-state index contributed by atoms with van der Waals surface area (Å²) in [4.78, 5) is 22.6. The van der Waals surface area contributed by atoms with Crippen LogP contribution in [0.5, 0.6) is 0 Å². The van der Waals surface area contributed by atoms with Gasteiger partial charge in [-0.3, -0.25) is 9.59 Å². The predicted octanol–water partition coefficient (Wildman–Crippen LogP) is -3.80. The van der Waals surface area contributed by atoms with Crippen molar-refractivity contribution in [3.8, 4) is 0 Å². The molecule has 0 saturated carbocycles. The molecule has 0 aromatic rings. The molecule has 0 fully saturated rings. The lowest BCUT2D eigenvalue weighted by atomic mass is 10.1. The second kappa shape index (κ2) is 40.8. The first-order valence-corrected chi connectivity index (χ1v) is 28.3. The minimum atomic E-state index is -2.92. The summed E-state index contributed by atoms with van der Waals surface area (Å²) < 4.78 is 35.8. The molecule has 16 atom stereocenters. The highest BCUT2D eigenvalue weighted by molar-refractivity contribution is 7.99. The molecule has 1 heterocycles. The number of ether oxygens (including phenoxy) is 7. The monoisotopic (exact) mass is 1340 g/mol. The molecule has 0 aromatic heterocycles. The summed E-state index contributed by atoms with van der Waals surface area (Å²) in [5.74, 6) is -27.3. The number of carbonyl (C=O) groups is 2. The molecule has 0 amide bonds. The summed E-state index contributed by atoms with van der Waals surface area (Å²) in [6, 6.07) is -2.96. The van der Waals surface area contributed by atoms with Crippen LogP contribution in [0.15, 0.2) is 80.6 Å². The lowest BCUT2D eigenvalue weighted by molar-refractivity contribution is -0.159. The van der Waals surface area contributed by atoms with E-state index in [1.807, 2.05) is 0 Å². The van der Waals surface area contributed by atoms with Gasteiger partial charge < -0.3 is 188 Å². The SMILES string of the molecule is N[C@H](CSCC[C@H]1O[C@@H](O)C(O)=C(O)[C@@H](CCO)O[C@@H](O)C(O)=C(O)[C@@H](CCO)O[C@@H](O)C(O)=C(O)[C@@H](CCO)O[C@H](O)C(O)=C(O)[C@@H](CCSC[C@@H](N)C(=O)O)O[C@H](O)C(O)=C(O)[C@@H](CCO)O[C@H](O)C(O)=C(O)[C@@H](CCO)O[C@@H](O)C(O)=C1O)C(=O)O. The van der Waals surface area contributed by atoms with Crippen LogP contribution in [0.4, 0.5) is 0 Å². The lowest BCUT2D eigenvalue weighted by Crippen LogP contribution is -2.35. The van der Waals surface area contributed by atoms with Gasteiger partial charge in [0.05, 0.1) is 0 Å². The van der Waals surface area contributed by atoms with Crippen LogP contribution in [0.1, 0.15) is 44.9 Å². The molecule has 32 N–H and O–H groups in total. The molecule has 1 aliphatic rings. The first-order chi connectivity index (χ1) is 41.7. The quantitative estimate of drug-likeness (QED) is 0.0462. The molecule has 1 rings (SSSR count). The lowest BCUT2D eigenvalue weighted by Gasteiger charge is -2.27. The number of carboxylic acids is 2. The van der Waals surface area contributed by atoms with Crippen molar-refractivity contribution in [3.05, 3.63) is 80.6 Å². The second-order valence-corrected chi connectivity index (χ2v) is 20.7. The number of carboxylic acid groups (broad SMARTS) is 2. The fourth-order valence-electron chi connectivity index (χ4n) is 7.00. The van der Waals surface area contributed by atoms with Crippen molar-refractivity contribution in [1.29, 1.82) is 0 Å². The maximum atomic E-state index is 11.3. The molecule has 0 bridgehead atoms. The zero-order valence-corrected chi connectivity index (χ0v) is 48.4. The van der Waals surface area contributed by atoms with Gasteiger partial charge in [0.15, 0.2) is 80.6 Å². The predicted molar refractivity (Wildman–Crippen MR) is 296 cm³/mol. The van der Waals surface area contributed by atoms with Gasteiger partial charge in [0.25, 0.3) is 0 Å². The molecule has 0 unspecified atom stereocenters. The van der Waals surface area contributed by atoms with Gasteiger partial charge in [0.2, 0.25) is 44.0 Å². The Kier molecular flexibility index (Phi) is 37.2. The van der Waals surface area contributed by atoms with E-state index in [0.717, 1.165) is 23.5 Å². The molecule has 1 aliphatic heterocycles. The van der Waals surface area contributed by atoms with Crippen molar-refractivity contribution in [2.24, 2.45) is 11.5 Å². The van der Waals surface area contributed by atoms with Crippen LogP contribution in [0.3, 0.4) is 0 Å². The average Bonchev–Trinajstić information content (AvgIpc) is 3.63. The number of thioether (sulfide) groups is 2. The smallest absolute Gasteiger partial charge is 0.321 e. The summed E-state index contributed by atoms with van der Waals surface area (Å²) in [5.41, 5.74) is 11.0. The number of aliphatic hydroxyl groups excluding tert-OH is 26. The first kappa shape index (κ1) is 81.2. The minimum absolute atomic E-state index is 0.338. The van der Waals surface area contributed by atoms with Crippen LogP contribution in [-0.4, -0.2) is 310 Å². The average molecular weight is 1340 g/mol. The molecule has 39 nitrogen and oxygen atoms in total. The molecule has 41 heteroatoms. The third-order valence-corrected chi connectivity index (χ3v) is 14.1. The van der Waals surface area contributed by atoms with Crippen LogP contribution in [0.25, 0.3) is 0 Å². The van der Waals surface area contributed by atoms with Crippen molar-refractivity contribution in [3.63, 3.8) is 0 Å². The fourth-order valence-corrected chi connectivity index (χ4v) is 8.88. The second-order valence-electron chi connectivity index (χ2n) is 18.4. The zero-order valence-electron chi connectivity index (χ0n) is 46.7. The molecule has 0 radical (unpaired) electrons. The molecular weight excluding hydrogens is 1260 g/mol. The zero-order chi connectivity index (χ0) is 68.2. The Bertz CT molecular complexity index is 2390. The normalized spacial score (nSPS) is 29.5. The van der Waals surface area contributed by atoms with Gasteiger partial charge in [-0.1, -0.05) is 0 Å². The molecule has 89 heavy (non-hydrogen) atoms. The summed E-state index contributed by atoms with van der Waals surface area (Å²) in [7, 11) is 0. The third-order valence-electron chi connectivity index (χ3n) is 11.9. The van der Waals surface area contributed by atoms with Crippen molar-refractivity contribution in [2.75, 3.05) is 56.0 Å². The molecule has 0 saturated heterocycles. The van der Waals surface area contributed by atoms with Gasteiger partial charge in [-0.25, -0.2) is 0 Å². The van der Waals surface area contributed by atoms with Crippen LogP contribution < -0.4 is 11.5 Å². The molecule has 0 aliphatic carbocycles. The van der Waals surface area contributed by atoms with Crippen LogP contribution in [0, 0.1) is 0 Å². The standard InChI is InChI=1S/C48H80N2O37S2/c49-17(40(70)71)15-88-13-6-24-31(61)38(68)45(77)84-20(2-9-52)27(57)34(64)42(74)81-19(1-8-51)26(56)33(63)43(75)82-22(4-11-54)29(59)36(66)47(79)86-25(7-14-89-16-18(50)41(72)73)32(62)39(69)46(78)85-21(3-10-53)28(58)35(65)44(76)83-23(5-12-55)30(60)37(67)48(80)87-24/h17-25,42-48,51-69,74-80H,1-16,49-50H2,(H,70,71)(H,72,73)/t17-,18-,19-,20-,21-,22-,23-,24-,25-,42-,43-,44+,45+,46-,47-,48+/m1/s1. The number of nitrogens with two attached hydrogens (primary N) is 2. The highest BCUT2D eigenvalue weighted by Crippen LogP contribution is 2.30. The Morgan fingerprint density at radius 2 is 0.449 bits per heavy atom. The van der Waals surface area contributed by atoms with Crippen molar-refractivity contribution in [1.82, 2.24) is 0 Å². The number of hydrogen-bond donors (Lipinski definition) is 30. The first-order valence-electron chi connectivity index (χ1n) is 26.0. The highest BCUT2D eigenvalue weighted by atomic mass is 32.2. The number of hydrogen-bond acceptors (Lipinski definition) is 39. The molecule has 0 aromatic carbocycles. The van der Waals surface area contributed by atoms with Gasteiger partial charge in [-0.05, 0) is 24.3 Å². The van der Waals surface area contributed by atoms with Gasteiger partial charge in [-0.2, -0.15) is 23.5 Å². The van der Waals surface area contributed by atoms with E-state index in [4.69, 9.17) is 44.6 Å². The van der Waals surface area contributed by atoms with E-state index in [9.17, 15) is 153 Å².